The van der Waals surface area contributed by atoms with Gasteiger partial charge in [-0.05, 0) is 25.0 Å². The van der Waals surface area contributed by atoms with Crippen LogP contribution in [0.25, 0.3) is 0 Å². The Morgan fingerprint density at radius 2 is 1.63 bits per heavy atom. The zero-order valence-electron chi connectivity index (χ0n) is 18.2. The number of pyridine rings is 1. The summed E-state index contributed by atoms with van der Waals surface area (Å²) in [6, 6.07) is 7.52. The van der Waals surface area contributed by atoms with Gasteiger partial charge in [-0.3, -0.25) is 0 Å². The van der Waals surface area contributed by atoms with Gasteiger partial charge in [-0.2, -0.15) is 0 Å². The number of aromatic nitrogens is 1. The number of hydrogen-bond acceptors (Lipinski definition) is 6. The van der Waals surface area contributed by atoms with Crippen molar-refractivity contribution in [3.8, 4) is 17.4 Å². The summed E-state index contributed by atoms with van der Waals surface area (Å²) >= 11 is 0. The van der Waals surface area contributed by atoms with Crippen LogP contribution in [0.5, 0.6) is 17.4 Å². The van der Waals surface area contributed by atoms with E-state index in [0.29, 0.717) is 37.7 Å². The summed E-state index contributed by atoms with van der Waals surface area (Å²) in [5.41, 5.74) is 3.40. The predicted molar refractivity (Wildman–Crippen MR) is 117 cm³/mol. The molecule has 0 unspecified atom stereocenters. The fourth-order valence-corrected chi connectivity index (χ4v) is 3.47. The van der Waals surface area contributed by atoms with E-state index < -0.39 is 0 Å². The van der Waals surface area contributed by atoms with Crippen molar-refractivity contribution in [1.82, 2.24) is 9.88 Å². The van der Waals surface area contributed by atoms with Crippen LogP contribution in [-0.2, 0) is 0 Å². The van der Waals surface area contributed by atoms with Crippen LogP contribution in [0.2, 0.25) is 0 Å². The number of carbonyl (C=O) groups excluding carboxylic acids is 1. The molecule has 0 saturated carbocycles. The Balaban J connectivity index is 1.66. The minimum absolute atomic E-state index is 0.163. The number of nitrogens with zero attached hydrogens (tertiary/aromatic N) is 3. The molecule has 0 atom stereocenters. The number of aryl methyl sites for hydroxylation is 1. The first-order valence-corrected chi connectivity index (χ1v) is 9.88. The average Bonchev–Trinajstić information content (AvgIpc) is 2.79. The second kappa shape index (κ2) is 9.56. The van der Waals surface area contributed by atoms with Gasteiger partial charge >= 0.3 is 6.03 Å². The van der Waals surface area contributed by atoms with Gasteiger partial charge in [0.1, 0.15) is 17.2 Å². The molecule has 0 bridgehead atoms. The van der Waals surface area contributed by atoms with Crippen LogP contribution in [0.15, 0.2) is 24.3 Å². The lowest BCUT2D eigenvalue weighted by Crippen LogP contribution is -2.50. The lowest BCUT2D eigenvalue weighted by molar-refractivity contribution is 0.208. The molecular formula is C22H29N4O4. The van der Waals surface area contributed by atoms with Crippen molar-refractivity contribution in [2.45, 2.75) is 13.8 Å². The SMILES string of the molecule is C[CH]c1cc(NC(=O)N2CCN(c3cc(OC)cc(OC)c3)CC2)c(OC)nc1C. The molecule has 3 rings (SSSR count). The van der Waals surface area contributed by atoms with E-state index in [2.05, 4.69) is 15.2 Å². The molecule has 1 radical (unpaired) electrons. The zero-order valence-corrected chi connectivity index (χ0v) is 18.2. The van der Waals surface area contributed by atoms with Gasteiger partial charge in [0.2, 0.25) is 5.88 Å². The minimum atomic E-state index is -0.163. The van der Waals surface area contributed by atoms with Crippen LogP contribution in [0.3, 0.4) is 0 Å². The smallest absolute Gasteiger partial charge is 0.322 e. The van der Waals surface area contributed by atoms with Crippen LogP contribution in [0.4, 0.5) is 16.2 Å². The van der Waals surface area contributed by atoms with Crippen LogP contribution < -0.4 is 24.4 Å². The molecule has 2 amide bonds. The fourth-order valence-electron chi connectivity index (χ4n) is 3.47. The molecule has 2 aromatic rings. The van der Waals surface area contributed by atoms with Crippen molar-refractivity contribution < 1.29 is 19.0 Å². The Hall–Kier alpha value is -3.16. The molecule has 8 nitrogen and oxygen atoms in total. The van der Waals surface area contributed by atoms with Gasteiger partial charge in [0, 0.05) is 55.8 Å². The number of piperazine rings is 1. The van der Waals surface area contributed by atoms with E-state index >= 15 is 0 Å². The molecular weight excluding hydrogens is 384 g/mol. The molecule has 30 heavy (non-hydrogen) atoms. The van der Waals surface area contributed by atoms with E-state index in [-0.39, 0.29) is 6.03 Å². The van der Waals surface area contributed by atoms with Crippen LogP contribution >= 0.6 is 0 Å². The molecule has 1 aliphatic heterocycles. The van der Waals surface area contributed by atoms with E-state index in [0.717, 1.165) is 28.4 Å². The molecule has 2 heterocycles. The van der Waals surface area contributed by atoms with Gasteiger partial charge in [-0.1, -0.05) is 6.92 Å². The second-order valence-electron chi connectivity index (χ2n) is 6.98. The van der Waals surface area contributed by atoms with Crippen LogP contribution in [0, 0.1) is 13.3 Å². The first-order valence-electron chi connectivity index (χ1n) is 9.88. The number of ether oxygens (including phenoxy) is 3. The zero-order chi connectivity index (χ0) is 21.7. The van der Waals surface area contributed by atoms with Crippen molar-refractivity contribution in [2.24, 2.45) is 0 Å². The maximum atomic E-state index is 12.8. The largest absolute Gasteiger partial charge is 0.497 e. The Bertz CT molecular complexity index is 873. The maximum Gasteiger partial charge on any atom is 0.322 e. The number of methoxy groups -OCH3 is 3. The van der Waals surface area contributed by atoms with Gasteiger partial charge in [0.05, 0.1) is 21.3 Å². The molecule has 1 saturated heterocycles. The third-order valence-electron chi connectivity index (χ3n) is 5.23. The van der Waals surface area contributed by atoms with E-state index in [9.17, 15) is 4.79 Å². The minimum Gasteiger partial charge on any atom is -0.497 e. The summed E-state index contributed by atoms with van der Waals surface area (Å²) in [6.07, 6.45) is 1.96. The number of urea groups is 1. The van der Waals surface area contributed by atoms with E-state index in [1.54, 1.807) is 26.2 Å². The first-order chi connectivity index (χ1) is 14.5. The number of rotatable bonds is 6. The normalized spacial score (nSPS) is 13.8. The van der Waals surface area contributed by atoms with Gasteiger partial charge in [-0.25, -0.2) is 9.78 Å². The van der Waals surface area contributed by atoms with Crippen molar-refractivity contribution in [3.05, 3.63) is 41.9 Å². The van der Waals surface area contributed by atoms with Crippen LogP contribution in [0.1, 0.15) is 18.2 Å². The average molecular weight is 413 g/mol. The highest BCUT2D eigenvalue weighted by atomic mass is 16.5. The van der Waals surface area contributed by atoms with Crippen molar-refractivity contribution in [1.29, 1.82) is 0 Å². The highest BCUT2D eigenvalue weighted by Gasteiger charge is 2.23. The van der Waals surface area contributed by atoms with Gasteiger partial charge < -0.3 is 29.3 Å². The number of amides is 2. The predicted octanol–water partition coefficient (Wildman–Crippen LogP) is 3.34. The Morgan fingerprint density at radius 1 is 1.00 bits per heavy atom. The highest BCUT2D eigenvalue weighted by molar-refractivity contribution is 5.91. The summed E-state index contributed by atoms with van der Waals surface area (Å²) in [5, 5.41) is 2.95. The fraction of sp³-hybridized carbons (Fsp3) is 0.409. The molecule has 8 heteroatoms. The van der Waals surface area contributed by atoms with E-state index in [4.69, 9.17) is 14.2 Å². The Labute approximate surface area is 177 Å². The molecule has 1 aromatic heterocycles. The Kier molecular flexibility index (Phi) is 6.87. The summed E-state index contributed by atoms with van der Waals surface area (Å²) in [4.78, 5) is 21.3. The lowest BCUT2D eigenvalue weighted by Gasteiger charge is -2.36. The highest BCUT2D eigenvalue weighted by Crippen LogP contribution is 2.29. The molecule has 1 N–H and O–H groups in total. The number of benzene rings is 1. The molecule has 1 aliphatic rings. The van der Waals surface area contributed by atoms with Crippen molar-refractivity contribution in [3.63, 3.8) is 0 Å². The number of carbonyl (C=O) groups is 1. The molecule has 0 aliphatic carbocycles. The van der Waals surface area contributed by atoms with Crippen molar-refractivity contribution in [2.75, 3.05) is 57.7 Å². The third kappa shape index (κ3) is 4.69. The van der Waals surface area contributed by atoms with E-state index in [1.807, 2.05) is 44.5 Å². The topological polar surface area (TPSA) is 76.2 Å². The standard InChI is InChI=1S/C22H29N4O4/c1-6-16-11-20(21(30-5)23-15(16)2)24-22(27)26-9-7-25(8-10-26)17-12-18(28-3)14-19(13-17)29-4/h6,11-14H,7-10H2,1-5H3,(H,24,27). The molecule has 1 fully saturated rings. The second-order valence-corrected chi connectivity index (χ2v) is 6.98. The molecule has 1 aromatic carbocycles. The van der Waals surface area contributed by atoms with Gasteiger partial charge in [0.25, 0.3) is 0 Å². The summed E-state index contributed by atoms with van der Waals surface area (Å²) in [7, 11) is 4.82. The molecule has 161 valence electrons. The molecule has 0 spiro atoms. The quantitative estimate of drug-likeness (QED) is 0.783. The van der Waals surface area contributed by atoms with E-state index in [1.165, 1.54) is 0 Å². The van der Waals surface area contributed by atoms with Gasteiger partial charge in [0.15, 0.2) is 0 Å². The third-order valence-corrected chi connectivity index (χ3v) is 5.23. The monoisotopic (exact) mass is 413 g/mol. The van der Waals surface area contributed by atoms with Crippen molar-refractivity contribution >= 4 is 17.4 Å². The maximum absolute atomic E-state index is 12.8. The first kappa shape index (κ1) is 21.5. The number of hydrogen-bond donors (Lipinski definition) is 1. The summed E-state index contributed by atoms with van der Waals surface area (Å²) in [6.45, 7) is 6.46. The number of nitrogens with one attached hydrogen (secondary N) is 1. The summed E-state index contributed by atoms with van der Waals surface area (Å²) in [5.74, 6) is 1.90. The Morgan fingerprint density at radius 3 is 2.17 bits per heavy atom. The van der Waals surface area contributed by atoms with Gasteiger partial charge in [-0.15, -0.1) is 0 Å². The summed E-state index contributed by atoms with van der Waals surface area (Å²) < 4.78 is 16.1. The number of anilines is 2. The lowest BCUT2D eigenvalue weighted by atomic mass is 10.1. The van der Waals surface area contributed by atoms with Crippen LogP contribution in [-0.4, -0.2) is 63.4 Å².